The van der Waals surface area contributed by atoms with Gasteiger partial charge in [-0.1, -0.05) is 11.3 Å². The largest absolute Gasteiger partial charge is 0.491 e. The van der Waals surface area contributed by atoms with E-state index >= 15 is 0 Å². The molecule has 0 saturated carbocycles. The van der Waals surface area contributed by atoms with Crippen molar-refractivity contribution in [1.29, 1.82) is 0 Å². The van der Waals surface area contributed by atoms with E-state index in [4.69, 9.17) is 29.9 Å². The Balaban J connectivity index is 1.65. The number of methoxy groups -OCH3 is 1. The minimum absolute atomic E-state index is 0.448. The van der Waals surface area contributed by atoms with Gasteiger partial charge in [0.2, 0.25) is 0 Å². The molecule has 10 heteroatoms. The number of fused-ring (bicyclic) bond motifs is 1. The van der Waals surface area contributed by atoms with Gasteiger partial charge < -0.3 is 24.5 Å². The van der Waals surface area contributed by atoms with Crippen LogP contribution in [0, 0.1) is 0 Å². The van der Waals surface area contributed by atoms with E-state index in [2.05, 4.69) is 9.55 Å². The fourth-order valence-electron chi connectivity index (χ4n) is 3.73. The zero-order valence-electron chi connectivity index (χ0n) is 17.1. The zero-order valence-corrected chi connectivity index (χ0v) is 17.9. The molecule has 0 aliphatic carbocycles. The van der Waals surface area contributed by atoms with Crippen molar-refractivity contribution in [3.05, 3.63) is 24.3 Å². The van der Waals surface area contributed by atoms with Crippen molar-refractivity contribution in [2.75, 3.05) is 19.5 Å². The van der Waals surface area contributed by atoms with Gasteiger partial charge in [-0.2, -0.15) is 0 Å². The van der Waals surface area contributed by atoms with Crippen LogP contribution in [0.15, 0.2) is 24.3 Å². The summed E-state index contributed by atoms with van der Waals surface area (Å²) in [5.74, 6) is 1.46. The van der Waals surface area contributed by atoms with Gasteiger partial charge in [-0.3, -0.25) is 0 Å². The molecule has 0 unspecified atom stereocenters. The number of aromatic nitrogens is 4. The van der Waals surface area contributed by atoms with Gasteiger partial charge in [0.25, 0.3) is 0 Å². The number of carbonyl (C=O) groups excluding carboxylic acids is 1. The first-order valence-corrected chi connectivity index (χ1v) is 10.8. The Bertz CT molecular complexity index is 1300. The highest BCUT2D eigenvalue weighted by Gasteiger charge is 2.22. The molecular weight excluding hydrogens is 418 g/mol. The maximum Gasteiger partial charge on any atom is 0.346 e. The van der Waals surface area contributed by atoms with E-state index in [1.165, 1.54) is 18.4 Å². The van der Waals surface area contributed by atoms with Crippen LogP contribution in [0.25, 0.3) is 32.9 Å². The van der Waals surface area contributed by atoms with Crippen molar-refractivity contribution >= 4 is 43.8 Å². The smallest absolute Gasteiger partial charge is 0.346 e. The molecule has 5 rings (SSSR count). The van der Waals surface area contributed by atoms with Crippen molar-refractivity contribution < 1.29 is 19.0 Å². The fraction of sp³-hybridized carbons (Fsp3) is 0.333. The first-order valence-electron chi connectivity index (χ1n) is 9.98. The Kier molecular flexibility index (Phi) is 4.85. The van der Waals surface area contributed by atoms with Crippen LogP contribution in [-0.4, -0.2) is 45.3 Å². The predicted molar refractivity (Wildman–Crippen MR) is 117 cm³/mol. The molecule has 1 aromatic carbocycles. The van der Waals surface area contributed by atoms with Crippen molar-refractivity contribution in [3.63, 3.8) is 0 Å². The number of ether oxygens (including phenoxy) is 3. The second-order valence-corrected chi connectivity index (χ2v) is 8.30. The number of nitrogens with two attached hydrogens (primary N) is 1. The summed E-state index contributed by atoms with van der Waals surface area (Å²) >= 11 is 1.35. The summed E-state index contributed by atoms with van der Waals surface area (Å²) in [6.45, 7) is 3.05. The molecule has 4 heterocycles. The normalized spacial score (nSPS) is 14.6. The Labute approximate surface area is 181 Å². The van der Waals surface area contributed by atoms with Crippen LogP contribution in [0.5, 0.6) is 11.5 Å². The summed E-state index contributed by atoms with van der Waals surface area (Å²) in [4.78, 5) is 26.4. The van der Waals surface area contributed by atoms with Crippen molar-refractivity contribution in [2.45, 2.75) is 32.4 Å². The van der Waals surface area contributed by atoms with Gasteiger partial charge in [0.15, 0.2) is 17.1 Å². The Morgan fingerprint density at radius 2 is 2.10 bits per heavy atom. The Hall–Kier alpha value is -3.40. The number of hydrogen-bond acceptors (Lipinski definition) is 9. The van der Waals surface area contributed by atoms with Crippen molar-refractivity contribution in [1.82, 2.24) is 19.5 Å². The van der Waals surface area contributed by atoms with E-state index < -0.39 is 12.1 Å². The number of thiazole rings is 1. The molecule has 160 valence electrons. The number of esters is 1. The van der Waals surface area contributed by atoms with Crippen molar-refractivity contribution in [2.24, 2.45) is 0 Å². The maximum absolute atomic E-state index is 11.8. The van der Waals surface area contributed by atoms with E-state index in [-0.39, 0.29) is 0 Å². The predicted octanol–water partition coefficient (Wildman–Crippen LogP) is 3.40. The lowest BCUT2D eigenvalue weighted by Crippen LogP contribution is -2.24. The molecule has 1 atom stereocenters. The number of carbonyl (C=O) groups is 1. The highest BCUT2D eigenvalue weighted by Crippen LogP contribution is 2.37. The average molecular weight is 439 g/mol. The quantitative estimate of drug-likeness (QED) is 0.481. The first kappa shape index (κ1) is 19.6. The molecule has 0 saturated heterocycles. The van der Waals surface area contributed by atoms with Gasteiger partial charge in [0.05, 0.1) is 19.2 Å². The molecule has 0 spiro atoms. The molecule has 0 bridgehead atoms. The highest BCUT2D eigenvalue weighted by molar-refractivity contribution is 7.21. The second-order valence-electron chi connectivity index (χ2n) is 7.29. The number of nitrogen functional groups attached to an aromatic ring is 1. The van der Waals surface area contributed by atoms with Gasteiger partial charge in [0.1, 0.15) is 33.1 Å². The van der Waals surface area contributed by atoms with Gasteiger partial charge in [-0.25, -0.2) is 19.7 Å². The number of nitrogens with zero attached hydrogens (tertiary/aromatic N) is 4. The third-order valence-corrected chi connectivity index (χ3v) is 5.96. The van der Waals surface area contributed by atoms with E-state index in [0.717, 1.165) is 46.8 Å². The van der Waals surface area contributed by atoms with E-state index in [0.29, 0.717) is 28.8 Å². The molecule has 2 N–H and O–H groups in total. The van der Waals surface area contributed by atoms with Crippen LogP contribution >= 0.6 is 11.3 Å². The number of aryl methyl sites for hydroxylation is 1. The van der Waals surface area contributed by atoms with Gasteiger partial charge in [-0.15, -0.1) is 0 Å². The molecule has 0 radical (unpaired) electrons. The molecule has 1 aliphatic rings. The van der Waals surface area contributed by atoms with Gasteiger partial charge >= 0.3 is 5.97 Å². The molecule has 1 aliphatic heterocycles. The lowest BCUT2D eigenvalue weighted by atomic mass is 10.2. The SMILES string of the molecule is COC(=O)[C@H](C)Oc1cc2c3c(c1)nc(-c1ccc4nc(N)sc4n1)n3CCCCO2. The highest BCUT2D eigenvalue weighted by atomic mass is 32.1. The van der Waals surface area contributed by atoms with Crippen LogP contribution in [0.3, 0.4) is 0 Å². The third-order valence-electron chi connectivity index (χ3n) is 5.16. The summed E-state index contributed by atoms with van der Waals surface area (Å²) < 4.78 is 18.7. The molecule has 0 fully saturated rings. The topological polar surface area (TPSA) is 114 Å². The minimum Gasteiger partial charge on any atom is -0.491 e. The average Bonchev–Trinajstić information content (AvgIpc) is 3.29. The number of imidazole rings is 1. The summed E-state index contributed by atoms with van der Waals surface area (Å²) in [5.41, 5.74) is 8.95. The fourth-order valence-corrected chi connectivity index (χ4v) is 4.43. The van der Waals surface area contributed by atoms with Crippen molar-refractivity contribution in [3.8, 4) is 23.0 Å². The number of rotatable bonds is 4. The van der Waals surface area contributed by atoms with Crippen LogP contribution in [0.2, 0.25) is 0 Å². The Morgan fingerprint density at radius 1 is 1.23 bits per heavy atom. The van der Waals surface area contributed by atoms with Crippen LogP contribution in [0.4, 0.5) is 5.13 Å². The standard InChI is InChI=1S/C21H21N5O4S/c1-11(20(27)28-2)30-12-9-15-17-16(10-12)29-8-4-3-7-26(17)18(23-15)13-5-6-14-19(24-13)31-21(22)25-14/h5-6,9-11H,3-4,7-8H2,1-2H3,(H2,22,25)/t11-/m0/s1. The molecule has 4 aromatic rings. The molecule has 9 nitrogen and oxygen atoms in total. The molecule has 31 heavy (non-hydrogen) atoms. The number of pyridine rings is 1. The van der Waals surface area contributed by atoms with E-state index in [9.17, 15) is 4.79 Å². The third kappa shape index (κ3) is 3.52. The van der Waals surface area contributed by atoms with Crippen LogP contribution < -0.4 is 15.2 Å². The Morgan fingerprint density at radius 3 is 2.94 bits per heavy atom. The summed E-state index contributed by atoms with van der Waals surface area (Å²) in [6, 6.07) is 7.42. The monoisotopic (exact) mass is 439 g/mol. The lowest BCUT2D eigenvalue weighted by Gasteiger charge is -2.18. The summed E-state index contributed by atoms with van der Waals surface area (Å²) in [5, 5.41) is 0.486. The van der Waals surface area contributed by atoms with Crippen LogP contribution in [-0.2, 0) is 16.1 Å². The molecule has 3 aromatic heterocycles. The molecule has 0 amide bonds. The van der Waals surface area contributed by atoms with E-state index in [1.54, 1.807) is 13.0 Å². The van der Waals surface area contributed by atoms with Gasteiger partial charge in [0, 0.05) is 18.7 Å². The molecular formula is C21H21N5O4S. The van der Waals surface area contributed by atoms with E-state index in [1.807, 2.05) is 18.2 Å². The summed E-state index contributed by atoms with van der Waals surface area (Å²) in [7, 11) is 1.33. The summed E-state index contributed by atoms with van der Waals surface area (Å²) in [6.07, 6.45) is 1.14. The number of anilines is 1. The van der Waals surface area contributed by atoms with Crippen LogP contribution in [0.1, 0.15) is 19.8 Å². The minimum atomic E-state index is -0.745. The first-order chi connectivity index (χ1) is 15.0. The second kappa shape index (κ2) is 7.69. The maximum atomic E-state index is 11.8. The number of benzene rings is 1. The van der Waals surface area contributed by atoms with Gasteiger partial charge in [-0.05, 0) is 31.9 Å². The lowest BCUT2D eigenvalue weighted by molar-refractivity contribution is -0.147. The zero-order chi connectivity index (χ0) is 21.5. The number of hydrogen-bond donors (Lipinski definition) is 1.